The summed E-state index contributed by atoms with van der Waals surface area (Å²) in [7, 11) is 0. The normalized spacial score (nSPS) is 33.4. The van der Waals surface area contributed by atoms with Gasteiger partial charge in [0.25, 0.3) is 0 Å². The summed E-state index contributed by atoms with van der Waals surface area (Å²) in [5.74, 6) is 0.550. The Labute approximate surface area is 110 Å². The van der Waals surface area contributed by atoms with Crippen LogP contribution < -0.4 is 10.6 Å². The Bertz CT molecular complexity index is 526. The predicted octanol–water partition coefficient (Wildman–Crippen LogP) is 3.66. The van der Waals surface area contributed by atoms with Crippen LogP contribution in [0.3, 0.4) is 0 Å². The second-order valence-electron chi connectivity index (χ2n) is 5.75. The first-order valence-corrected chi connectivity index (χ1v) is 6.54. The molecule has 1 spiro atoms. The molecule has 0 bridgehead atoms. The van der Waals surface area contributed by atoms with E-state index in [2.05, 4.69) is 18.7 Å². The average molecular weight is 270 g/mol. The third-order valence-corrected chi connectivity index (χ3v) is 4.94. The van der Waals surface area contributed by atoms with Gasteiger partial charge in [-0.25, -0.2) is 0 Å². The lowest BCUT2D eigenvalue weighted by atomic mass is 9.72. The second kappa shape index (κ2) is 3.58. The highest BCUT2D eigenvalue weighted by atomic mass is 19.4. The van der Waals surface area contributed by atoms with Gasteiger partial charge in [-0.3, -0.25) is 0 Å². The van der Waals surface area contributed by atoms with Crippen molar-refractivity contribution in [2.75, 3.05) is 10.6 Å². The molecule has 3 rings (SSSR count). The van der Waals surface area contributed by atoms with E-state index >= 15 is 0 Å². The molecule has 1 aromatic carbocycles. The fourth-order valence-electron chi connectivity index (χ4n) is 3.61. The number of hydrogen-bond acceptors (Lipinski definition) is 2. The van der Waals surface area contributed by atoms with Crippen molar-refractivity contribution in [1.82, 2.24) is 0 Å². The average Bonchev–Trinajstić information content (AvgIpc) is 2.95. The van der Waals surface area contributed by atoms with E-state index < -0.39 is 11.7 Å². The summed E-state index contributed by atoms with van der Waals surface area (Å²) in [6, 6.07) is 4.56. The van der Waals surface area contributed by atoms with Gasteiger partial charge in [-0.2, -0.15) is 13.2 Å². The van der Waals surface area contributed by atoms with Crippen molar-refractivity contribution in [3.8, 4) is 0 Å². The van der Waals surface area contributed by atoms with Crippen LogP contribution in [0.5, 0.6) is 0 Å². The van der Waals surface area contributed by atoms with E-state index in [1.165, 1.54) is 12.1 Å². The number of anilines is 2. The molecular weight excluding hydrogens is 253 g/mol. The standard InChI is InChI=1S/C14H17F3N2/c1-8-5-6-13(8)9(2)19(13)10-3-4-12(18)11(7-10)14(15,16)17/h3-4,7-9H,5-6,18H2,1-2H3. The van der Waals surface area contributed by atoms with E-state index in [-0.39, 0.29) is 11.2 Å². The topological polar surface area (TPSA) is 29.0 Å². The molecule has 3 unspecified atom stereocenters. The second-order valence-corrected chi connectivity index (χ2v) is 5.75. The first kappa shape index (κ1) is 12.6. The maximum atomic E-state index is 12.9. The molecule has 1 aromatic rings. The monoisotopic (exact) mass is 270 g/mol. The highest BCUT2D eigenvalue weighted by molar-refractivity contribution is 5.67. The Morgan fingerprint density at radius 3 is 2.42 bits per heavy atom. The van der Waals surface area contributed by atoms with Gasteiger partial charge in [-0.15, -0.1) is 0 Å². The van der Waals surface area contributed by atoms with Crippen LogP contribution in [0.1, 0.15) is 32.3 Å². The fraction of sp³-hybridized carbons (Fsp3) is 0.571. The van der Waals surface area contributed by atoms with Gasteiger partial charge in [-0.05, 0) is 43.9 Å². The van der Waals surface area contributed by atoms with Crippen LogP contribution in [-0.2, 0) is 6.18 Å². The van der Waals surface area contributed by atoms with Gasteiger partial charge in [0.1, 0.15) is 0 Å². The quantitative estimate of drug-likeness (QED) is 0.623. The Kier molecular flexibility index (Phi) is 2.38. The predicted molar refractivity (Wildman–Crippen MR) is 68.9 cm³/mol. The molecule has 5 heteroatoms. The molecule has 1 saturated heterocycles. The molecule has 3 atom stereocenters. The van der Waals surface area contributed by atoms with E-state index in [0.29, 0.717) is 17.6 Å². The number of nitrogens with two attached hydrogens (primary N) is 1. The minimum atomic E-state index is -4.39. The molecule has 0 radical (unpaired) electrons. The molecule has 0 aromatic heterocycles. The highest BCUT2D eigenvalue weighted by Crippen LogP contribution is 2.60. The van der Waals surface area contributed by atoms with Crippen LogP contribution in [0.25, 0.3) is 0 Å². The maximum absolute atomic E-state index is 12.9. The molecule has 0 amide bonds. The number of hydrogen-bond donors (Lipinski definition) is 1. The lowest BCUT2D eigenvalue weighted by Gasteiger charge is -2.35. The van der Waals surface area contributed by atoms with Gasteiger partial charge in [0.15, 0.2) is 0 Å². The fourth-order valence-corrected chi connectivity index (χ4v) is 3.61. The van der Waals surface area contributed by atoms with Crippen LogP contribution in [0.2, 0.25) is 0 Å². The van der Waals surface area contributed by atoms with Crippen LogP contribution in [0.15, 0.2) is 18.2 Å². The van der Waals surface area contributed by atoms with Crippen molar-refractivity contribution in [3.63, 3.8) is 0 Å². The summed E-state index contributed by atoms with van der Waals surface area (Å²) in [5, 5.41) is 0. The van der Waals surface area contributed by atoms with Crippen molar-refractivity contribution >= 4 is 11.4 Å². The zero-order valence-electron chi connectivity index (χ0n) is 11.0. The number of nitrogen functional groups attached to an aromatic ring is 1. The molecule has 19 heavy (non-hydrogen) atoms. The third kappa shape index (κ3) is 1.56. The number of halogens is 3. The molecule has 104 valence electrons. The van der Waals surface area contributed by atoms with Gasteiger partial charge in [0.05, 0.1) is 17.1 Å². The molecule has 2 aliphatic rings. The number of alkyl halides is 3. The summed E-state index contributed by atoms with van der Waals surface area (Å²) in [4.78, 5) is 2.11. The smallest absolute Gasteiger partial charge is 0.398 e. The Morgan fingerprint density at radius 2 is 2.00 bits per heavy atom. The Balaban J connectivity index is 1.96. The molecule has 1 heterocycles. The number of benzene rings is 1. The van der Waals surface area contributed by atoms with Crippen LogP contribution in [-0.4, -0.2) is 11.6 Å². The van der Waals surface area contributed by atoms with Gasteiger partial charge < -0.3 is 10.6 Å². The largest absolute Gasteiger partial charge is 0.418 e. The van der Waals surface area contributed by atoms with Crippen LogP contribution in [0.4, 0.5) is 24.5 Å². The SMILES string of the molecule is CC1CCC12C(C)N2c1ccc(N)c(C(F)(F)F)c1. The lowest BCUT2D eigenvalue weighted by molar-refractivity contribution is -0.136. The molecule has 1 saturated carbocycles. The van der Waals surface area contributed by atoms with Crippen molar-refractivity contribution in [3.05, 3.63) is 23.8 Å². The summed E-state index contributed by atoms with van der Waals surface area (Å²) < 4.78 is 38.6. The highest BCUT2D eigenvalue weighted by Gasteiger charge is 2.67. The number of rotatable bonds is 1. The maximum Gasteiger partial charge on any atom is 0.418 e. The van der Waals surface area contributed by atoms with Gasteiger partial charge >= 0.3 is 6.18 Å². The summed E-state index contributed by atoms with van der Waals surface area (Å²) in [6.07, 6.45) is -2.17. The summed E-state index contributed by atoms with van der Waals surface area (Å²) in [6.45, 7) is 4.25. The molecule has 2 fully saturated rings. The van der Waals surface area contributed by atoms with Crippen molar-refractivity contribution < 1.29 is 13.2 Å². The lowest BCUT2D eigenvalue weighted by Crippen LogP contribution is -2.38. The molecular formula is C14H17F3N2. The molecule has 1 aliphatic carbocycles. The van der Waals surface area contributed by atoms with Crippen LogP contribution >= 0.6 is 0 Å². The number of nitrogens with zero attached hydrogens (tertiary/aromatic N) is 1. The Hall–Kier alpha value is -1.39. The summed E-state index contributed by atoms with van der Waals surface area (Å²) >= 11 is 0. The van der Waals surface area contributed by atoms with Crippen molar-refractivity contribution in [1.29, 1.82) is 0 Å². The van der Waals surface area contributed by atoms with E-state index in [4.69, 9.17) is 5.73 Å². The third-order valence-electron chi connectivity index (χ3n) is 4.94. The minimum absolute atomic E-state index is 0.0962. The first-order chi connectivity index (χ1) is 8.78. The van der Waals surface area contributed by atoms with Gasteiger partial charge in [0, 0.05) is 11.4 Å². The molecule has 2 nitrogen and oxygen atoms in total. The van der Waals surface area contributed by atoms with Crippen molar-refractivity contribution in [2.45, 2.75) is 44.4 Å². The molecule has 2 N–H and O–H groups in total. The van der Waals surface area contributed by atoms with E-state index in [1.807, 2.05) is 0 Å². The summed E-state index contributed by atoms with van der Waals surface area (Å²) in [5.41, 5.74) is 5.23. The van der Waals surface area contributed by atoms with E-state index in [0.717, 1.165) is 12.8 Å². The van der Waals surface area contributed by atoms with Crippen molar-refractivity contribution in [2.24, 2.45) is 5.92 Å². The zero-order valence-corrected chi connectivity index (χ0v) is 11.0. The Morgan fingerprint density at radius 1 is 1.32 bits per heavy atom. The van der Waals surface area contributed by atoms with E-state index in [1.54, 1.807) is 6.07 Å². The van der Waals surface area contributed by atoms with E-state index in [9.17, 15) is 13.2 Å². The van der Waals surface area contributed by atoms with Crippen LogP contribution in [0, 0.1) is 5.92 Å². The zero-order chi connectivity index (χ0) is 14.0. The van der Waals surface area contributed by atoms with Gasteiger partial charge in [0.2, 0.25) is 0 Å². The molecule has 1 aliphatic heterocycles. The minimum Gasteiger partial charge on any atom is -0.398 e. The van der Waals surface area contributed by atoms with Gasteiger partial charge in [-0.1, -0.05) is 6.92 Å². The first-order valence-electron chi connectivity index (χ1n) is 6.54.